The van der Waals surface area contributed by atoms with Gasteiger partial charge in [0.2, 0.25) is 11.8 Å². The summed E-state index contributed by atoms with van der Waals surface area (Å²) in [5.74, 6) is -4.30. The van der Waals surface area contributed by atoms with Gasteiger partial charge in [0, 0.05) is 19.3 Å². The smallest absolute Gasteiger partial charge is 0.349 e. The van der Waals surface area contributed by atoms with Gasteiger partial charge in [-0.3, -0.25) is 9.59 Å². The van der Waals surface area contributed by atoms with Gasteiger partial charge in [-0.2, -0.15) is 23.5 Å². The Balaban J connectivity index is 1.41. The quantitative estimate of drug-likeness (QED) is 0.307. The van der Waals surface area contributed by atoms with Crippen LogP contribution in [0.4, 0.5) is 22.0 Å². The van der Waals surface area contributed by atoms with Crippen molar-refractivity contribution in [2.24, 2.45) is 11.8 Å². The van der Waals surface area contributed by atoms with Crippen LogP contribution in [0.15, 0.2) is 42.7 Å². The maximum absolute atomic E-state index is 14.0. The Bertz CT molecular complexity index is 1500. The predicted molar refractivity (Wildman–Crippen MR) is 140 cm³/mol. The fourth-order valence-corrected chi connectivity index (χ4v) is 5.46. The van der Waals surface area contributed by atoms with Crippen molar-refractivity contribution in [2.75, 3.05) is 0 Å². The van der Waals surface area contributed by atoms with Crippen molar-refractivity contribution in [3.63, 3.8) is 0 Å². The summed E-state index contributed by atoms with van der Waals surface area (Å²) in [5.41, 5.74) is 1.69. The van der Waals surface area contributed by atoms with E-state index < -0.39 is 48.8 Å². The Labute approximate surface area is 238 Å². The number of alkyl halides is 5. The molecule has 0 aliphatic heterocycles. The lowest BCUT2D eigenvalue weighted by atomic mass is 9.81. The maximum atomic E-state index is 14.0. The third-order valence-corrected chi connectivity index (χ3v) is 7.90. The number of carbonyl (C=O) groups is 2. The number of nitriles is 1. The van der Waals surface area contributed by atoms with E-state index >= 15 is 0 Å². The van der Waals surface area contributed by atoms with Crippen LogP contribution in [-0.4, -0.2) is 38.5 Å². The lowest BCUT2D eigenvalue weighted by molar-refractivity contribution is -0.144. The van der Waals surface area contributed by atoms with Crippen LogP contribution in [0.5, 0.6) is 0 Å². The molecule has 2 heterocycles. The molecule has 0 radical (unpaired) electrons. The Morgan fingerprint density at radius 3 is 2.43 bits per heavy atom. The van der Waals surface area contributed by atoms with Crippen molar-refractivity contribution in [3.05, 3.63) is 65.1 Å². The van der Waals surface area contributed by atoms with Crippen molar-refractivity contribution in [2.45, 2.75) is 75.5 Å². The molecule has 0 bridgehead atoms. The molecular weight excluding hydrogens is 559 g/mol. The summed E-state index contributed by atoms with van der Waals surface area (Å²) in [7, 11) is 0. The zero-order chi connectivity index (χ0) is 30.1. The highest BCUT2D eigenvalue weighted by Crippen LogP contribution is 2.43. The van der Waals surface area contributed by atoms with Gasteiger partial charge < -0.3 is 10.6 Å². The molecule has 2 aromatic heterocycles. The normalized spacial score (nSPS) is 18.7. The highest BCUT2D eigenvalue weighted by Gasteiger charge is 2.40. The van der Waals surface area contributed by atoms with Crippen LogP contribution < -0.4 is 10.6 Å². The molecule has 2 aliphatic rings. The van der Waals surface area contributed by atoms with Gasteiger partial charge >= 0.3 is 6.18 Å². The van der Waals surface area contributed by atoms with E-state index in [1.807, 2.05) is 6.07 Å². The molecule has 42 heavy (non-hydrogen) atoms. The molecule has 2 fully saturated rings. The molecule has 0 saturated heterocycles. The van der Waals surface area contributed by atoms with Crippen molar-refractivity contribution in [1.82, 2.24) is 25.2 Å². The first-order valence-corrected chi connectivity index (χ1v) is 13.8. The molecular formula is C29H29F5N6O2. The Morgan fingerprint density at radius 2 is 1.76 bits per heavy atom. The zero-order valence-electron chi connectivity index (χ0n) is 22.5. The van der Waals surface area contributed by atoms with E-state index in [4.69, 9.17) is 0 Å². The molecule has 2 amide bonds. The van der Waals surface area contributed by atoms with Gasteiger partial charge in [-0.25, -0.2) is 18.3 Å². The number of nitrogens with zero attached hydrogens (tertiary/aromatic N) is 4. The molecule has 5 rings (SSSR count). The zero-order valence-corrected chi connectivity index (χ0v) is 22.5. The highest BCUT2D eigenvalue weighted by molar-refractivity contribution is 5.96. The van der Waals surface area contributed by atoms with Crippen molar-refractivity contribution in [1.29, 1.82) is 5.26 Å². The fraction of sp³-hybridized carbons (Fsp3) is 0.483. The van der Waals surface area contributed by atoms with Gasteiger partial charge in [0.15, 0.2) is 5.65 Å². The van der Waals surface area contributed by atoms with Crippen molar-refractivity contribution < 1.29 is 31.5 Å². The van der Waals surface area contributed by atoms with E-state index in [0.29, 0.717) is 16.9 Å². The third-order valence-electron chi connectivity index (χ3n) is 7.90. The number of amides is 2. The number of carbonyl (C=O) groups excluding carboxylic acids is 2. The van der Waals surface area contributed by atoms with Crippen LogP contribution in [0.3, 0.4) is 0 Å². The number of hydrogen-bond acceptors (Lipinski definition) is 5. The van der Waals surface area contributed by atoms with Crippen LogP contribution in [-0.2, 0) is 4.79 Å². The number of fused-ring (bicyclic) bond motifs is 1. The topological polar surface area (TPSA) is 112 Å². The maximum Gasteiger partial charge on any atom is 0.389 e. The molecule has 1 aromatic carbocycles. The summed E-state index contributed by atoms with van der Waals surface area (Å²) in [4.78, 5) is 30.2. The number of halogens is 5. The van der Waals surface area contributed by atoms with E-state index in [-0.39, 0.29) is 48.6 Å². The van der Waals surface area contributed by atoms with Gasteiger partial charge in [0.1, 0.15) is 0 Å². The highest BCUT2D eigenvalue weighted by atomic mass is 19.4. The molecule has 2 aliphatic carbocycles. The Morgan fingerprint density at radius 1 is 1.07 bits per heavy atom. The van der Waals surface area contributed by atoms with Gasteiger partial charge in [-0.15, -0.1) is 0 Å². The molecule has 2 saturated carbocycles. The second-order valence-corrected chi connectivity index (χ2v) is 11.1. The summed E-state index contributed by atoms with van der Waals surface area (Å²) >= 11 is 0. The van der Waals surface area contributed by atoms with Gasteiger partial charge in [-0.05, 0) is 61.3 Å². The number of hydrogen-bond donors (Lipinski definition) is 2. The third kappa shape index (κ3) is 7.03. The summed E-state index contributed by atoms with van der Waals surface area (Å²) < 4.78 is 67.2. The standard InChI is InChI=1S/C29H29F5N6O2/c30-28(31)10-7-18(8-11-28)26(39-27(42)21-4-2-1-3-19(21)14-35)22-16-40-23(37-22)13-20(15-36-40)25(17-5-6-17)38-24(41)9-12-29(32,33)34/h1-4,13,15-18,25-26H,5-12H2,(H,38,41)(H,39,42)/t25?,26-/m0/s1. The van der Waals surface area contributed by atoms with E-state index in [0.717, 1.165) is 12.8 Å². The minimum atomic E-state index is -4.43. The fourth-order valence-electron chi connectivity index (χ4n) is 5.46. The van der Waals surface area contributed by atoms with Crippen LogP contribution in [0.2, 0.25) is 0 Å². The predicted octanol–water partition coefficient (Wildman–Crippen LogP) is 5.81. The van der Waals surface area contributed by atoms with Gasteiger partial charge in [0.05, 0.1) is 53.8 Å². The number of benzene rings is 1. The average Bonchev–Trinajstić information content (AvgIpc) is 3.71. The molecule has 2 N–H and O–H groups in total. The second-order valence-electron chi connectivity index (χ2n) is 11.1. The second kappa shape index (κ2) is 11.7. The van der Waals surface area contributed by atoms with Crippen LogP contribution in [0.1, 0.15) is 90.6 Å². The largest absolute Gasteiger partial charge is 0.389 e. The molecule has 2 atom stereocenters. The summed E-state index contributed by atoms with van der Waals surface area (Å²) in [6.07, 6.45) is -1.95. The number of aromatic nitrogens is 3. The summed E-state index contributed by atoms with van der Waals surface area (Å²) in [6, 6.07) is 8.68. The van der Waals surface area contributed by atoms with Crippen LogP contribution in [0.25, 0.3) is 5.65 Å². The molecule has 3 aromatic rings. The minimum absolute atomic E-state index is 0.0645. The van der Waals surface area contributed by atoms with Crippen LogP contribution in [0, 0.1) is 23.2 Å². The molecule has 8 nitrogen and oxygen atoms in total. The van der Waals surface area contributed by atoms with E-state index in [2.05, 4.69) is 20.7 Å². The molecule has 222 valence electrons. The average molecular weight is 589 g/mol. The van der Waals surface area contributed by atoms with Crippen molar-refractivity contribution in [3.8, 4) is 6.07 Å². The Kier molecular flexibility index (Phi) is 8.17. The molecule has 0 spiro atoms. The molecule has 13 heteroatoms. The number of imidazole rings is 1. The summed E-state index contributed by atoms with van der Waals surface area (Å²) in [5, 5.41) is 19.4. The van der Waals surface area contributed by atoms with Gasteiger partial charge in [-0.1, -0.05) is 12.1 Å². The first-order chi connectivity index (χ1) is 19.9. The van der Waals surface area contributed by atoms with E-state index in [1.54, 1.807) is 24.4 Å². The minimum Gasteiger partial charge on any atom is -0.349 e. The van der Waals surface area contributed by atoms with Gasteiger partial charge in [0.25, 0.3) is 5.91 Å². The molecule has 1 unspecified atom stereocenters. The lowest BCUT2D eigenvalue weighted by Crippen LogP contribution is -2.37. The SMILES string of the molecule is N#Cc1ccccc1C(=O)N[C@H](c1cn2ncc(C(NC(=O)CCC(F)(F)F)C3CC3)cc2n1)C1CCC(F)(F)CC1. The Hall–Kier alpha value is -4.08. The van der Waals surface area contributed by atoms with E-state index in [1.165, 1.54) is 22.8 Å². The lowest BCUT2D eigenvalue weighted by Gasteiger charge is -2.33. The number of rotatable bonds is 9. The van der Waals surface area contributed by atoms with Crippen molar-refractivity contribution >= 4 is 17.5 Å². The monoisotopic (exact) mass is 588 g/mol. The first-order valence-electron chi connectivity index (χ1n) is 13.8. The van der Waals surface area contributed by atoms with Crippen LogP contribution >= 0.6 is 0 Å². The first kappa shape index (κ1) is 29.4. The summed E-state index contributed by atoms with van der Waals surface area (Å²) in [6.45, 7) is 0. The van der Waals surface area contributed by atoms with E-state index in [9.17, 15) is 36.8 Å². The number of nitrogens with one attached hydrogen (secondary N) is 2.